The van der Waals surface area contributed by atoms with Crippen LogP contribution >= 0.6 is 0 Å². The van der Waals surface area contributed by atoms with Gasteiger partial charge in [0.25, 0.3) is 0 Å². The van der Waals surface area contributed by atoms with Crippen LogP contribution in [0.5, 0.6) is 0 Å². The summed E-state index contributed by atoms with van der Waals surface area (Å²) < 4.78 is 13.1. The number of nitrogens with zero attached hydrogens (tertiary/aromatic N) is 4. The summed E-state index contributed by atoms with van der Waals surface area (Å²) in [7, 11) is 0. The lowest BCUT2D eigenvalue weighted by Crippen LogP contribution is -2.45. The van der Waals surface area contributed by atoms with Gasteiger partial charge in [0.15, 0.2) is 5.82 Å². The van der Waals surface area contributed by atoms with Crippen molar-refractivity contribution < 1.29 is 4.39 Å². The summed E-state index contributed by atoms with van der Waals surface area (Å²) in [6.07, 6.45) is 0. The van der Waals surface area contributed by atoms with Gasteiger partial charge in [-0.3, -0.25) is 4.90 Å². The monoisotopic (exact) mass is 262 g/mol. The topological polar surface area (TPSA) is 69.7 Å². The largest absolute Gasteiger partial charge is 0.314 e. The van der Waals surface area contributed by atoms with E-state index in [1.165, 1.54) is 12.1 Å². The van der Waals surface area contributed by atoms with Gasteiger partial charge in [0.2, 0.25) is 0 Å². The molecule has 1 aliphatic heterocycles. The fourth-order valence-corrected chi connectivity index (χ4v) is 2.39. The predicted octanol–water partition coefficient (Wildman–Crippen LogP) is 0.333. The van der Waals surface area contributed by atoms with E-state index in [9.17, 15) is 4.39 Å². The van der Waals surface area contributed by atoms with Crippen LogP contribution in [-0.4, -0.2) is 51.7 Å². The molecule has 0 saturated carbocycles. The summed E-state index contributed by atoms with van der Waals surface area (Å²) in [5, 5.41) is 17.6. The molecule has 1 aromatic heterocycles. The number of aromatic amines is 1. The SMILES string of the molecule is Fc1ccc(C(c2nn[nH]n2)N2CCNCC2)cc1. The second-order valence-electron chi connectivity index (χ2n) is 4.51. The van der Waals surface area contributed by atoms with E-state index in [4.69, 9.17) is 0 Å². The maximum Gasteiger partial charge on any atom is 0.196 e. The molecule has 19 heavy (non-hydrogen) atoms. The van der Waals surface area contributed by atoms with Crippen molar-refractivity contribution in [2.24, 2.45) is 0 Å². The molecule has 1 atom stereocenters. The maximum absolute atomic E-state index is 13.1. The van der Waals surface area contributed by atoms with Crippen LogP contribution in [-0.2, 0) is 0 Å². The lowest BCUT2D eigenvalue weighted by Gasteiger charge is -2.33. The van der Waals surface area contributed by atoms with Crippen molar-refractivity contribution in [3.63, 3.8) is 0 Å². The fourth-order valence-electron chi connectivity index (χ4n) is 2.39. The van der Waals surface area contributed by atoms with Crippen molar-refractivity contribution in [3.05, 3.63) is 41.5 Å². The molecule has 2 heterocycles. The van der Waals surface area contributed by atoms with Gasteiger partial charge in [-0.1, -0.05) is 17.3 Å². The molecule has 1 aliphatic rings. The molecule has 0 radical (unpaired) electrons. The molecule has 0 bridgehead atoms. The Labute approximate surface area is 110 Å². The smallest absolute Gasteiger partial charge is 0.196 e. The molecule has 0 amide bonds. The first-order chi connectivity index (χ1) is 9.34. The molecule has 6 nitrogen and oxygen atoms in total. The van der Waals surface area contributed by atoms with E-state index in [-0.39, 0.29) is 11.9 Å². The Morgan fingerprint density at radius 3 is 2.53 bits per heavy atom. The van der Waals surface area contributed by atoms with Gasteiger partial charge in [0.1, 0.15) is 5.82 Å². The van der Waals surface area contributed by atoms with E-state index in [0.717, 1.165) is 31.7 Å². The van der Waals surface area contributed by atoms with E-state index in [1.54, 1.807) is 12.1 Å². The number of aromatic nitrogens is 4. The molecule has 1 saturated heterocycles. The zero-order valence-corrected chi connectivity index (χ0v) is 10.4. The van der Waals surface area contributed by atoms with Crippen LogP contribution in [0.1, 0.15) is 17.4 Å². The Morgan fingerprint density at radius 2 is 1.89 bits per heavy atom. The third-order valence-electron chi connectivity index (χ3n) is 3.31. The van der Waals surface area contributed by atoms with Crippen molar-refractivity contribution in [2.45, 2.75) is 6.04 Å². The van der Waals surface area contributed by atoms with Crippen LogP contribution in [0.25, 0.3) is 0 Å². The number of benzene rings is 1. The highest BCUT2D eigenvalue weighted by Crippen LogP contribution is 2.25. The number of rotatable bonds is 3. The Balaban J connectivity index is 1.93. The van der Waals surface area contributed by atoms with Crippen molar-refractivity contribution in [3.8, 4) is 0 Å². The quantitative estimate of drug-likeness (QED) is 0.834. The van der Waals surface area contributed by atoms with Gasteiger partial charge >= 0.3 is 0 Å². The second kappa shape index (κ2) is 5.41. The van der Waals surface area contributed by atoms with Gasteiger partial charge in [0, 0.05) is 26.2 Å². The van der Waals surface area contributed by atoms with Crippen LogP contribution in [0.15, 0.2) is 24.3 Å². The molecular weight excluding hydrogens is 247 g/mol. The van der Waals surface area contributed by atoms with Crippen molar-refractivity contribution in [1.29, 1.82) is 0 Å². The number of hydrogen-bond donors (Lipinski definition) is 2. The lowest BCUT2D eigenvalue weighted by atomic mass is 10.0. The van der Waals surface area contributed by atoms with Crippen molar-refractivity contribution >= 4 is 0 Å². The highest BCUT2D eigenvalue weighted by atomic mass is 19.1. The molecule has 1 aromatic carbocycles. The highest BCUT2D eigenvalue weighted by Gasteiger charge is 2.27. The van der Waals surface area contributed by atoms with Crippen LogP contribution in [0.4, 0.5) is 4.39 Å². The van der Waals surface area contributed by atoms with Crippen molar-refractivity contribution in [2.75, 3.05) is 26.2 Å². The Kier molecular flexibility index (Phi) is 3.47. The van der Waals surface area contributed by atoms with Crippen molar-refractivity contribution in [1.82, 2.24) is 30.8 Å². The Hall–Kier alpha value is -1.86. The Morgan fingerprint density at radius 1 is 1.16 bits per heavy atom. The third kappa shape index (κ3) is 2.61. The minimum Gasteiger partial charge on any atom is -0.314 e. The summed E-state index contributed by atoms with van der Waals surface area (Å²) in [6.45, 7) is 3.65. The standard InChI is InChI=1S/C12H15FN6/c13-10-3-1-9(2-4-10)11(12-15-17-18-16-12)19-7-5-14-6-8-19/h1-4,11,14H,5-8H2,(H,15,16,17,18). The molecule has 0 spiro atoms. The van der Waals surface area contributed by atoms with Gasteiger partial charge in [-0.25, -0.2) is 4.39 Å². The molecule has 3 rings (SSSR count). The average Bonchev–Trinajstić information content (AvgIpc) is 2.96. The van der Waals surface area contributed by atoms with Gasteiger partial charge < -0.3 is 5.32 Å². The van der Waals surface area contributed by atoms with Crippen LogP contribution < -0.4 is 5.32 Å². The van der Waals surface area contributed by atoms with Gasteiger partial charge in [0.05, 0.1) is 6.04 Å². The molecule has 1 unspecified atom stereocenters. The molecule has 2 N–H and O–H groups in total. The minimum absolute atomic E-state index is 0.0820. The number of hydrogen-bond acceptors (Lipinski definition) is 5. The minimum atomic E-state index is -0.240. The number of H-pyrrole nitrogens is 1. The average molecular weight is 262 g/mol. The predicted molar refractivity (Wildman–Crippen MR) is 66.9 cm³/mol. The van der Waals surface area contributed by atoms with Gasteiger partial charge in [-0.2, -0.15) is 5.21 Å². The normalized spacial score (nSPS) is 18.4. The first kappa shape index (κ1) is 12.2. The Bertz CT molecular complexity index is 506. The summed E-state index contributed by atoms with van der Waals surface area (Å²) in [5.74, 6) is 0.379. The first-order valence-corrected chi connectivity index (χ1v) is 6.28. The van der Waals surface area contributed by atoms with E-state index >= 15 is 0 Å². The lowest BCUT2D eigenvalue weighted by molar-refractivity contribution is 0.192. The molecule has 1 fully saturated rings. The van der Waals surface area contributed by atoms with E-state index in [2.05, 4.69) is 30.8 Å². The summed E-state index contributed by atoms with van der Waals surface area (Å²) in [5.41, 5.74) is 0.977. The zero-order valence-electron chi connectivity index (χ0n) is 10.4. The maximum atomic E-state index is 13.1. The van der Waals surface area contributed by atoms with E-state index in [0.29, 0.717) is 5.82 Å². The van der Waals surface area contributed by atoms with Gasteiger partial charge in [-0.05, 0) is 17.7 Å². The number of nitrogens with one attached hydrogen (secondary N) is 2. The molecule has 7 heteroatoms. The molecule has 2 aromatic rings. The fraction of sp³-hybridized carbons (Fsp3) is 0.417. The van der Waals surface area contributed by atoms with Crippen LogP contribution in [0.3, 0.4) is 0 Å². The number of tetrazole rings is 1. The third-order valence-corrected chi connectivity index (χ3v) is 3.31. The number of piperazine rings is 1. The summed E-state index contributed by atoms with van der Waals surface area (Å²) in [4.78, 5) is 2.27. The zero-order chi connectivity index (χ0) is 13.1. The number of halogens is 1. The second-order valence-corrected chi connectivity index (χ2v) is 4.51. The first-order valence-electron chi connectivity index (χ1n) is 6.28. The molecular formula is C12H15FN6. The van der Waals surface area contributed by atoms with E-state index in [1.807, 2.05) is 0 Å². The van der Waals surface area contributed by atoms with Crippen LogP contribution in [0, 0.1) is 5.82 Å². The summed E-state index contributed by atoms with van der Waals surface area (Å²) in [6, 6.07) is 6.40. The molecule has 100 valence electrons. The van der Waals surface area contributed by atoms with Gasteiger partial charge in [-0.15, -0.1) is 10.2 Å². The molecule has 0 aliphatic carbocycles. The summed E-state index contributed by atoms with van der Waals surface area (Å²) >= 11 is 0. The van der Waals surface area contributed by atoms with E-state index < -0.39 is 0 Å². The van der Waals surface area contributed by atoms with Crippen LogP contribution in [0.2, 0.25) is 0 Å². The highest BCUT2D eigenvalue weighted by molar-refractivity contribution is 5.25.